The summed E-state index contributed by atoms with van der Waals surface area (Å²) in [6.07, 6.45) is 2.19. The second-order valence-electron chi connectivity index (χ2n) is 4.70. The third kappa shape index (κ3) is 2.66. The number of hydrogen-bond donors (Lipinski definition) is 3. The first-order valence-corrected chi connectivity index (χ1v) is 6.31. The van der Waals surface area contributed by atoms with Gasteiger partial charge < -0.3 is 20.9 Å². The van der Waals surface area contributed by atoms with Gasteiger partial charge in [-0.3, -0.25) is 4.79 Å². The van der Waals surface area contributed by atoms with Crippen LogP contribution in [0.1, 0.15) is 29.6 Å². The van der Waals surface area contributed by atoms with Crippen molar-refractivity contribution in [1.82, 2.24) is 4.90 Å². The first kappa shape index (κ1) is 14.1. The minimum absolute atomic E-state index is 0.0612. The SMILES string of the molecule is N/C(=N/O)C1CCCCN1C(=O)c1cc(F)ccc1O. The van der Waals surface area contributed by atoms with E-state index < -0.39 is 17.8 Å². The molecule has 6 nitrogen and oxygen atoms in total. The Kier molecular flexibility index (Phi) is 4.07. The zero-order valence-electron chi connectivity index (χ0n) is 10.8. The molecular weight excluding hydrogens is 265 g/mol. The van der Waals surface area contributed by atoms with Gasteiger partial charge in [0, 0.05) is 6.54 Å². The van der Waals surface area contributed by atoms with Gasteiger partial charge in [0.2, 0.25) is 0 Å². The molecule has 20 heavy (non-hydrogen) atoms. The largest absolute Gasteiger partial charge is 0.507 e. The second kappa shape index (κ2) is 5.77. The van der Waals surface area contributed by atoms with E-state index in [4.69, 9.17) is 10.9 Å². The molecule has 0 radical (unpaired) electrons. The molecule has 108 valence electrons. The molecule has 1 saturated heterocycles. The van der Waals surface area contributed by atoms with Crippen molar-refractivity contribution in [2.24, 2.45) is 10.9 Å². The average Bonchev–Trinajstić information content (AvgIpc) is 2.48. The van der Waals surface area contributed by atoms with Crippen molar-refractivity contribution in [3.8, 4) is 5.75 Å². The molecular formula is C13H16FN3O3. The number of piperidine rings is 1. The number of nitrogens with zero attached hydrogens (tertiary/aromatic N) is 2. The van der Waals surface area contributed by atoms with Gasteiger partial charge >= 0.3 is 0 Å². The summed E-state index contributed by atoms with van der Waals surface area (Å²) in [5.74, 6) is -1.49. The van der Waals surface area contributed by atoms with Crippen molar-refractivity contribution in [3.05, 3.63) is 29.6 Å². The Morgan fingerprint density at radius 3 is 2.90 bits per heavy atom. The van der Waals surface area contributed by atoms with Crippen LogP contribution < -0.4 is 5.73 Å². The maximum Gasteiger partial charge on any atom is 0.258 e. The second-order valence-corrected chi connectivity index (χ2v) is 4.70. The van der Waals surface area contributed by atoms with E-state index in [0.717, 1.165) is 31.0 Å². The topological polar surface area (TPSA) is 99.2 Å². The number of amides is 1. The van der Waals surface area contributed by atoms with Crippen LogP contribution in [0.25, 0.3) is 0 Å². The van der Waals surface area contributed by atoms with E-state index in [0.29, 0.717) is 13.0 Å². The Morgan fingerprint density at radius 1 is 1.45 bits per heavy atom. The van der Waals surface area contributed by atoms with E-state index in [9.17, 15) is 14.3 Å². The minimum atomic E-state index is -0.608. The van der Waals surface area contributed by atoms with E-state index in [1.807, 2.05) is 0 Å². The lowest BCUT2D eigenvalue weighted by atomic mass is 9.99. The summed E-state index contributed by atoms with van der Waals surface area (Å²) in [6, 6.07) is 2.65. The number of carbonyl (C=O) groups is 1. The van der Waals surface area contributed by atoms with Crippen molar-refractivity contribution in [1.29, 1.82) is 0 Å². The van der Waals surface area contributed by atoms with Crippen LogP contribution in [0.15, 0.2) is 23.4 Å². The van der Waals surface area contributed by atoms with Crippen LogP contribution in [0, 0.1) is 5.82 Å². The van der Waals surface area contributed by atoms with Crippen molar-refractivity contribution >= 4 is 11.7 Å². The van der Waals surface area contributed by atoms with E-state index >= 15 is 0 Å². The molecule has 0 aromatic heterocycles. The zero-order valence-corrected chi connectivity index (χ0v) is 10.8. The fourth-order valence-electron chi connectivity index (χ4n) is 2.38. The predicted molar refractivity (Wildman–Crippen MR) is 70.1 cm³/mol. The molecule has 7 heteroatoms. The number of carbonyl (C=O) groups excluding carboxylic acids is 1. The number of nitrogens with two attached hydrogens (primary N) is 1. The molecule has 1 aliphatic rings. The lowest BCUT2D eigenvalue weighted by Crippen LogP contribution is -2.50. The Morgan fingerprint density at radius 2 is 2.20 bits per heavy atom. The van der Waals surface area contributed by atoms with Gasteiger partial charge in [0.05, 0.1) is 11.6 Å². The average molecular weight is 281 g/mol. The molecule has 1 aromatic rings. The first-order valence-electron chi connectivity index (χ1n) is 6.31. The molecule has 1 heterocycles. The number of phenols is 1. The normalized spacial score (nSPS) is 19.9. The molecule has 0 bridgehead atoms. The highest BCUT2D eigenvalue weighted by atomic mass is 19.1. The van der Waals surface area contributed by atoms with Gasteiger partial charge in [-0.05, 0) is 37.5 Å². The third-order valence-corrected chi connectivity index (χ3v) is 3.41. The van der Waals surface area contributed by atoms with Crippen LogP contribution in [-0.4, -0.2) is 39.5 Å². The number of oxime groups is 1. The number of hydrogen-bond acceptors (Lipinski definition) is 4. The standard InChI is InChI=1S/C13H16FN3O3/c14-8-4-5-11(18)9(7-8)13(19)17-6-2-1-3-10(17)12(15)16-20/h4-5,7,10,18,20H,1-3,6H2,(H2,15,16). The van der Waals surface area contributed by atoms with Gasteiger partial charge in [-0.25, -0.2) is 4.39 Å². The van der Waals surface area contributed by atoms with Crippen LogP contribution in [-0.2, 0) is 0 Å². The molecule has 0 spiro atoms. The molecule has 4 N–H and O–H groups in total. The van der Waals surface area contributed by atoms with Crippen LogP contribution in [0.4, 0.5) is 4.39 Å². The summed E-state index contributed by atoms with van der Waals surface area (Å²) in [5, 5.41) is 21.4. The molecule has 1 atom stereocenters. The Balaban J connectivity index is 2.32. The molecule has 1 unspecified atom stereocenters. The lowest BCUT2D eigenvalue weighted by Gasteiger charge is -2.34. The Hall–Kier alpha value is -2.31. The highest BCUT2D eigenvalue weighted by Crippen LogP contribution is 2.24. The van der Waals surface area contributed by atoms with E-state index in [2.05, 4.69) is 5.16 Å². The fourth-order valence-corrected chi connectivity index (χ4v) is 2.38. The number of benzene rings is 1. The monoisotopic (exact) mass is 281 g/mol. The number of amidine groups is 1. The molecule has 1 aliphatic heterocycles. The Labute approximate surface area is 115 Å². The van der Waals surface area contributed by atoms with Gasteiger partial charge in [-0.1, -0.05) is 5.16 Å². The van der Waals surface area contributed by atoms with Gasteiger partial charge in [-0.2, -0.15) is 0 Å². The maximum atomic E-state index is 13.2. The van der Waals surface area contributed by atoms with Crippen molar-refractivity contribution in [2.75, 3.05) is 6.54 Å². The van der Waals surface area contributed by atoms with E-state index in [1.54, 1.807) is 0 Å². The number of phenolic OH excluding ortho intramolecular Hbond substituents is 1. The highest BCUT2D eigenvalue weighted by Gasteiger charge is 2.31. The van der Waals surface area contributed by atoms with Crippen molar-refractivity contribution in [3.63, 3.8) is 0 Å². The molecule has 2 rings (SSSR count). The van der Waals surface area contributed by atoms with Crippen LogP contribution in [0.5, 0.6) is 5.75 Å². The predicted octanol–water partition coefficient (Wildman–Crippen LogP) is 1.27. The number of aromatic hydroxyl groups is 1. The van der Waals surface area contributed by atoms with Gasteiger partial charge in [0.25, 0.3) is 5.91 Å². The van der Waals surface area contributed by atoms with E-state index in [1.165, 1.54) is 4.90 Å². The zero-order chi connectivity index (χ0) is 14.7. The van der Waals surface area contributed by atoms with Crippen molar-refractivity contribution in [2.45, 2.75) is 25.3 Å². The Bertz CT molecular complexity index is 548. The van der Waals surface area contributed by atoms with Gasteiger partial charge in [-0.15, -0.1) is 0 Å². The van der Waals surface area contributed by atoms with E-state index in [-0.39, 0.29) is 17.1 Å². The van der Waals surface area contributed by atoms with Gasteiger partial charge in [0.15, 0.2) is 5.84 Å². The summed E-state index contributed by atoms with van der Waals surface area (Å²) >= 11 is 0. The van der Waals surface area contributed by atoms with Crippen molar-refractivity contribution < 1.29 is 19.5 Å². The number of rotatable bonds is 2. The van der Waals surface area contributed by atoms with Crippen LogP contribution in [0.3, 0.4) is 0 Å². The van der Waals surface area contributed by atoms with Crippen LogP contribution >= 0.6 is 0 Å². The summed E-state index contributed by atoms with van der Waals surface area (Å²) in [4.78, 5) is 13.8. The summed E-state index contributed by atoms with van der Waals surface area (Å²) in [5.41, 5.74) is 5.47. The minimum Gasteiger partial charge on any atom is -0.507 e. The smallest absolute Gasteiger partial charge is 0.258 e. The van der Waals surface area contributed by atoms with Crippen LogP contribution in [0.2, 0.25) is 0 Å². The lowest BCUT2D eigenvalue weighted by molar-refractivity contribution is 0.0673. The maximum absolute atomic E-state index is 13.2. The summed E-state index contributed by atoms with van der Waals surface area (Å²) < 4.78 is 13.2. The fraction of sp³-hybridized carbons (Fsp3) is 0.385. The van der Waals surface area contributed by atoms with Gasteiger partial charge in [0.1, 0.15) is 11.6 Å². The molecule has 1 amide bonds. The summed E-state index contributed by atoms with van der Waals surface area (Å²) in [7, 11) is 0. The molecule has 1 fully saturated rings. The quantitative estimate of drug-likeness (QED) is 0.329. The first-order chi connectivity index (χ1) is 9.54. The number of likely N-dealkylation sites (tertiary alicyclic amines) is 1. The number of halogens is 1. The molecule has 0 aliphatic carbocycles. The molecule has 1 aromatic carbocycles. The third-order valence-electron chi connectivity index (χ3n) is 3.41. The summed E-state index contributed by atoms with van der Waals surface area (Å²) in [6.45, 7) is 0.412. The highest BCUT2D eigenvalue weighted by molar-refractivity contribution is 6.00. The molecule has 0 saturated carbocycles.